The second kappa shape index (κ2) is 3.34. The van der Waals surface area contributed by atoms with Gasteiger partial charge in [0.15, 0.2) is 6.04 Å². The smallest absolute Gasteiger partial charge is 0.330 e. The van der Waals surface area contributed by atoms with E-state index in [0.29, 0.717) is 0 Å². The Hall–Kier alpha value is -1.10. The van der Waals surface area contributed by atoms with E-state index in [0.717, 1.165) is 0 Å². The molecule has 0 radical (unpaired) electrons. The van der Waals surface area contributed by atoms with Crippen molar-refractivity contribution in [2.45, 2.75) is 6.04 Å². The Bertz CT molecular complexity index is 179. The fourth-order valence-electron chi connectivity index (χ4n) is 0.816. The lowest BCUT2D eigenvalue weighted by molar-refractivity contribution is -0.151. The maximum absolute atomic E-state index is 10.8. The van der Waals surface area contributed by atoms with Crippen LogP contribution in [-0.4, -0.2) is 38.2 Å². The molecule has 1 rings (SSSR count). The Labute approximate surface area is 63.7 Å². The summed E-state index contributed by atoms with van der Waals surface area (Å²) in [6.45, 7) is 0.214. The van der Waals surface area contributed by atoms with Gasteiger partial charge in [-0.2, -0.15) is 0 Å². The van der Waals surface area contributed by atoms with Gasteiger partial charge in [-0.25, -0.2) is 4.79 Å². The molecule has 1 amide bonds. The summed E-state index contributed by atoms with van der Waals surface area (Å²) in [5.41, 5.74) is 0. The van der Waals surface area contributed by atoms with E-state index in [1.807, 2.05) is 0 Å². The zero-order valence-electron chi connectivity index (χ0n) is 6.12. The van der Waals surface area contributed by atoms with Gasteiger partial charge < -0.3 is 14.8 Å². The van der Waals surface area contributed by atoms with Gasteiger partial charge in [-0.1, -0.05) is 0 Å². The van der Waals surface area contributed by atoms with Crippen molar-refractivity contribution in [2.24, 2.45) is 0 Å². The number of amides is 1. The Morgan fingerprint density at radius 3 is 3.09 bits per heavy atom. The van der Waals surface area contributed by atoms with E-state index in [2.05, 4.69) is 10.1 Å². The van der Waals surface area contributed by atoms with Crippen LogP contribution in [0.5, 0.6) is 0 Å². The minimum Gasteiger partial charge on any atom is -0.467 e. The van der Waals surface area contributed by atoms with E-state index in [1.165, 1.54) is 7.11 Å². The number of hydrogen-bond donors (Lipinski definition) is 1. The first-order valence-electron chi connectivity index (χ1n) is 3.19. The molecular formula is C6H9NO4. The van der Waals surface area contributed by atoms with Gasteiger partial charge in [0.2, 0.25) is 5.91 Å². The topological polar surface area (TPSA) is 64.6 Å². The number of methoxy groups -OCH3 is 1. The highest BCUT2D eigenvalue weighted by molar-refractivity contribution is 5.86. The molecule has 1 N–H and O–H groups in total. The van der Waals surface area contributed by atoms with E-state index in [9.17, 15) is 9.59 Å². The molecule has 5 nitrogen and oxygen atoms in total. The summed E-state index contributed by atoms with van der Waals surface area (Å²) in [5.74, 6) is -0.760. The van der Waals surface area contributed by atoms with Crippen molar-refractivity contribution in [3.8, 4) is 0 Å². The zero-order chi connectivity index (χ0) is 8.27. The van der Waals surface area contributed by atoms with Crippen LogP contribution in [-0.2, 0) is 19.1 Å². The van der Waals surface area contributed by atoms with Gasteiger partial charge >= 0.3 is 5.97 Å². The number of carbonyl (C=O) groups excluding carboxylic acids is 2. The minimum absolute atomic E-state index is 0.0213. The van der Waals surface area contributed by atoms with Crippen LogP contribution in [0, 0.1) is 0 Å². The molecule has 1 unspecified atom stereocenters. The van der Waals surface area contributed by atoms with E-state index in [4.69, 9.17) is 4.74 Å². The lowest BCUT2D eigenvalue weighted by Gasteiger charge is -2.20. The first-order chi connectivity index (χ1) is 5.24. The zero-order valence-corrected chi connectivity index (χ0v) is 6.12. The standard InChI is InChI=1S/C6H9NO4/c1-10-6(9)4-2-11-3-5(8)7-4/h4H,2-3H2,1H3,(H,7,8). The number of morpholine rings is 1. The Balaban J connectivity index is 2.45. The summed E-state index contributed by atoms with van der Waals surface area (Å²) in [7, 11) is 1.27. The third-order valence-electron chi connectivity index (χ3n) is 1.34. The van der Waals surface area contributed by atoms with Crippen molar-refractivity contribution < 1.29 is 19.1 Å². The number of rotatable bonds is 1. The van der Waals surface area contributed by atoms with Crippen molar-refractivity contribution in [2.75, 3.05) is 20.3 Å². The Morgan fingerprint density at radius 2 is 2.55 bits per heavy atom. The first kappa shape index (κ1) is 8.00. The average Bonchev–Trinajstić information content (AvgIpc) is 2.03. The molecule has 0 aromatic rings. The van der Waals surface area contributed by atoms with Crippen LogP contribution in [0.4, 0.5) is 0 Å². The molecule has 5 heteroatoms. The van der Waals surface area contributed by atoms with Crippen LogP contribution in [0.2, 0.25) is 0 Å². The van der Waals surface area contributed by atoms with Crippen LogP contribution in [0.25, 0.3) is 0 Å². The highest BCUT2D eigenvalue weighted by atomic mass is 16.5. The summed E-state index contributed by atoms with van der Waals surface area (Å²) in [6.07, 6.45) is 0. The molecule has 0 aromatic carbocycles. The number of nitrogens with one attached hydrogen (secondary N) is 1. The van der Waals surface area contributed by atoms with Crippen LogP contribution in [0.15, 0.2) is 0 Å². The molecule has 1 atom stereocenters. The van der Waals surface area contributed by atoms with E-state index < -0.39 is 12.0 Å². The van der Waals surface area contributed by atoms with Gasteiger partial charge in [-0.15, -0.1) is 0 Å². The van der Waals surface area contributed by atoms with Crippen molar-refractivity contribution >= 4 is 11.9 Å². The average molecular weight is 159 g/mol. The molecule has 0 bridgehead atoms. The number of ether oxygens (including phenoxy) is 2. The monoisotopic (exact) mass is 159 g/mol. The highest BCUT2D eigenvalue weighted by Gasteiger charge is 2.25. The predicted octanol–water partition coefficient (Wildman–Crippen LogP) is -1.33. The van der Waals surface area contributed by atoms with Gasteiger partial charge in [-0.05, 0) is 0 Å². The number of carbonyl (C=O) groups is 2. The quantitative estimate of drug-likeness (QED) is 0.482. The molecule has 1 aliphatic rings. The third-order valence-corrected chi connectivity index (χ3v) is 1.34. The predicted molar refractivity (Wildman–Crippen MR) is 34.8 cm³/mol. The molecule has 62 valence electrons. The van der Waals surface area contributed by atoms with Gasteiger partial charge in [0.1, 0.15) is 6.61 Å². The molecule has 0 saturated carbocycles. The summed E-state index contributed by atoms with van der Waals surface area (Å²) in [5, 5.41) is 2.43. The lowest BCUT2D eigenvalue weighted by Crippen LogP contribution is -2.50. The van der Waals surface area contributed by atoms with Crippen molar-refractivity contribution in [1.29, 1.82) is 0 Å². The van der Waals surface area contributed by atoms with Crippen LogP contribution in [0.1, 0.15) is 0 Å². The van der Waals surface area contributed by atoms with Gasteiger partial charge in [0.05, 0.1) is 13.7 Å². The van der Waals surface area contributed by atoms with E-state index in [-0.39, 0.29) is 19.1 Å². The summed E-state index contributed by atoms with van der Waals surface area (Å²) < 4.78 is 9.21. The number of esters is 1. The largest absolute Gasteiger partial charge is 0.467 e. The van der Waals surface area contributed by atoms with Crippen molar-refractivity contribution in [3.05, 3.63) is 0 Å². The van der Waals surface area contributed by atoms with Gasteiger partial charge in [0.25, 0.3) is 0 Å². The maximum atomic E-state index is 10.8. The van der Waals surface area contributed by atoms with E-state index >= 15 is 0 Å². The van der Waals surface area contributed by atoms with Crippen molar-refractivity contribution in [1.82, 2.24) is 5.32 Å². The van der Waals surface area contributed by atoms with Crippen LogP contribution in [0.3, 0.4) is 0 Å². The minimum atomic E-state index is -0.638. The molecule has 0 spiro atoms. The lowest BCUT2D eigenvalue weighted by atomic mass is 10.3. The molecule has 11 heavy (non-hydrogen) atoms. The van der Waals surface area contributed by atoms with E-state index in [1.54, 1.807) is 0 Å². The Morgan fingerprint density at radius 1 is 1.82 bits per heavy atom. The highest BCUT2D eigenvalue weighted by Crippen LogP contribution is 1.95. The van der Waals surface area contributed by atoms with Gasteiger partial charge in [-0.3, -0.25) is 4.79 Å². The van der Waals surface area contributed by atoms with Gasteiger partial charge in [0, 0.05) is 0 Å². The second-order valence-electron chi connectivity index (χ2n) is 2.16. The maximum Gasteiger partial charge on any atom is 0.330 e. The second-order valence-corrected chi connectivity index (χ2v) is 2.16. The SMILES string of the molecule is COC(=O)C1COCC(=O)N1. The fraction of sp³-hybridized carbons (Fsp3) is 0.667. The summed E-state index contributed by atoms with van der Waals surface area (Å²) in [4.78, 5) is 21.4. The molecule has 1 saturated heterocycles. The summed E-state index contributed by atoms with van der Waals surface area (Å²) >= 11 is 0. The summed E-state index contributed by atoms with van der Waals surface area (Å²) in [6, 6.07) is -0.638. The fourth-order valence-corrected chi connectivity index (χ4v) is 0.816. The van der Waals surface area contributed by atoms with Crippen LogP contribution >= 0.6 is 0 Å². The van der Waals surface area contributed by atoms with Crippen molar-refractivity contribution in [3.63, 3.8) is 0 Å². The Kier molecular flexibility index (Phi) is 2.43. The molecule has 1 aliphatic heterocycles. The third kappa shape index (κ3) is 1.91. The molecule has 1 fully saturated rings. The molecule has 0 aromatic heterocycles. The molecular weight excluding hydrogens is 150 g/mol. The normalized spacial score (nSPS) is 24.1. The number of hydrogen-bond acceptors (Lipinski definition) is 4. The molecule has 1 heterocycles. The first-order valence-corrected chi connectivity index (χ1v) is 3.19. The molecule has 0 aliphatic carbocycles. The van der Waals surface area contributed by atoms with Crippen LogP contribution < -0.4 is 5.32 Å².